The number of fused-ring (bicyclic) bond motifs is 1. The Kier molecular flexibility index (Phi) is 6.55. The first kappa shape index (κ1) is 19.5. The van der Waals surface area contributed by atoms with Gasteiger partial charge in [-0.05, 0) is 44.2 Å². The van der Waals surface area contributed by atoms with E-state index in [0.717, 1.165) is 36.3 Å². The number of amides is 1. The molecular weight excluding hydrogens is 364 g/mol. The van der Waals surface area contributed by atoms with Crippen LogP contribution in [-0.4, -0.2) is 29.4 Å². The molecule has 1 aromatic heterocycles. The summed E-state index contributed by atoms with van der Waals surface area (Å²) in [5, 5.41) is 6.87. The number of nitrogens with one attached hydrogen (secondary N) is 1. The number of esters is 1. The minimum atomic E-state index is -0.397. The van der Waals surface area contributed by atoms with Crippen molar-refractivity contribution in [1.82, 2.24) is 10.5 Å². The van der Waals surface area contributed by atoms with Crippen molar-refractivity contribution in [1.29, 1.82) is 0 Å². The van der Waals surface area contributed by atoms with Gasteiger partial charge >= 0.3 is 5.97 Å². The molecule has 2 aromatic rings. The summed E-state index contributed by atoms with van der Waals surface area (Å²) in [5.41, 5.74) is 4.28. The average molecular weight is 388 g/mol. The van der Waals surface area contributed by atoms with Crippen molar-refractivity contribution >= 4 is 23.6 Å². The molecule has 1 heterocycles. The second-order valence-electron chi connectivity index (χ2n) is 6.67. The van der Waals surface area contributed by atoms with E-state index in [9.17, 15) is 9.59 Å². The zero-order valence-electron chi connectivity index (χ0n) is 15.6. The van der Waals surface area contributed by atoms with Gasteiger partial charge in [-0.15, -0.1) is 11.8 Å². The smallest absolute Gasteiger partial charge is 0.316 e. The van der Waals surface area contributed by atoms with Crippen molar-refractivity contribution < 1.29 is 18.8 Å². The maximum atomic E-state index is 12.2. The SMILES string of the molecule is Cc1noc(C)c1CSCC(=O)OCC(=O)N[C@H]1CCCc2ccccc21. The van der Waals surface area contributed by atoms with Gasteiger partial charge in [0.15, 0.2) is 6.61 Å². The van der Waals surface area contributed by atoms with Crippen molar-refractivity contribution in [2.45, 2.75) is 44.9 Å². The predicted molar refractivity (Wildman–Crippen MR) is 103 cm³/mol. The Bertz CT molecular complexity index is 799. The molecule has 0 radical (unpaired) electrons. The molecule has 0 spiro atoms. The molecule has 7 heteroatoms. The number of hydrogen-bond donors (Lipinski definition) is 1. The van der Waals surface area contributed by atoms with Crippen molar-refractivity contribution in [3.05, 3.63) is 52.4 Å². The quantitative estimate of drug-likeness (QED) is 0.733. The summed E-state index contributed by atoms with van der Waals surface area (Å²) < 4.78 is 10.2. The number of nitrogens with zero attached hydrogens (tertiary/aromatic N) is 1. The van der Waals surface area contributed by atoms with E-state index in [4.69, 9.17) is 9.26 Å². The Morgan fingerprint density at radius 2 is 2.15 bits per heavy atom. The molecule has 27 heavy (non-hydrogen) atoms. The van der Waals surface area contributed by atoms with Crippen LogP contribution in [0.1, 0.15) is 47.0 Å². The van der Waals surface area contributed by atoms with Gasteiger partial charge in [0.25, 0.3) is 5.91 Å². The van der Waals surface area contributed by atoms with E-state index >= 15 is 0 Å². The van der Waals surface area contributed by atoms with Gasteiger partial charge in [0.2, 0.25) is 0 Å². The highest BCUT2D eigenvalue weighted by Gasteiger charge is 2.21. The monoisotopic (exact) mass is 388 g/mol. The minimum Gasteiger partial charge on any atom is -0.455 e. The second kappa shape index (κ2) is 9.08. The van der Waals surface area contributed by atoms with Crippen LogP contribution < -0.4 is 5.32 Å². The van der Waals surface area contributed by atoms with E-state index < -0.39 is 5.97 Å². The maximum Gasteiger partial charge on any atom is 0.316 e. The summed E-state index contributed by atoms with van der Waals surface area (Å²) in [6.07, 6.45) is 2.99. The third-order valence-corrected chi connectivity index (χ3v) is 5.65. The number of carbonyl (C=O) groups excluding carboxylic acids is 2. The fraction of sp³-hybridized carbons (Fsp3) is 0.450. The van der Waals surface area contributed by atoms with Crippen LogP contribution in [0.5, 0.6) is 0 Å². The van der Waals surface area contributed by atoms with E-state index in [1.54, 1.807) is 0 Å². The van der Waals surface area contributed by atoms with Crippen LogP contribution in [-0.2, 0) is 26.5 Å². The number of ether oxygens (including phenoxy) is 1. The van der Waals surface area contributed by atoms with Crippen molar-refractivity contribution in [2.75, 3.05) is 12.4 Å². The van der Waals surface area contributed by atoms with Gasteiger partial charge in [-0.3, -0.25) is 9.59 Å². The third kappa shape index (κ3) is 5.13. The number of hydrogen-bond acceptors (Lipinski definition) is 6. The van der Waals surface area contributed by atoms with Crippen LogP contribution in [0.2, 0.25) is 0 Å². The predicted octanol–water partition coefficient (Wildman–Crippen LogP) is 3.26. The van der Waals surface area contributed by atoms with Crippen LogP contribution in [0.3, 0.4) is 0 Å². The molecule has 1 N–H and O–H groups in total. The Balaban J connectivity index is 1.40. The van der Waals surface area contributed by atoms with E-state index in [1.165, 1.54) is 22.9 Å². The summed E-state index contributed by atoms with van der Waals surface area (Å²) in [4.78, 5) is 24.0. The minimum absolute atomic E-state index is 0.00457. The molecule has 1 atom stereocenters. The molecule has 6 nitrogen and oxygen atoms in total. The number of rotatable bonds is 7. The van der Waals surface area contributed by atoms with Crippen molar-refractivity contribution in [3.8, 4) is 0 Å². The molecule has 1 aromatic carbocycles. The summed E-state index contributed by atoms with van der Waals surface area (Å²) >= 11 is 1.42. The van der Waals surface area contributed by atoms with Gasteiger partial charge in [0.1, 0.15) is 5.76 Å². The zero-order chi connectivity index (χ0) is 19.2. The largest absolute Gasteiger partial charge is 0.455 e. The standard InChI is InChI=1S/C20H24N2O4S/c1-13-17(14(2)26-22-13)11-27-12-20(24)25-10-19(23)21-18-9-5-7-15-6-3-4-8-16(15)18/h3-4,6,8,18H,5,7,9-12H2,1-2H3,(H,21,23)/t18-/m0/s1. The fourth-order valence-electron chi connectivity index (χ4n) is 3.27. The molecule has 0 bridgehead atoms. The molecule has 0 saturated heterocycles. The van der Waals surface area contributed by atoms with Gasteiger partial charge in [-0.1, -0.05) is 29.4 Å². The Labute approximate surface area is 163 Å². The number of aryl methyl sites for hydroxylation is 3. The molecule has 1 amide bonds. The highest BCUT2D eigenvalue weighted by Crippen LogP contribution is 2.29. The second-order valence-corrected chi connectivity index (χ2v) is 7.65. The molecule has 0 unspecified atom stereocenters. The Morgan fingerprint density at radius 3 is 2.93 bits per heavy atom. The van der Waals surface area contributed by atoms with Gasteiger partial charge in [0.05, 0.1) is 17.5 Å². The lowest BCUT2D eigenvalue weighted by Crippen LogP contribution is -2.34. The van der Waals surface area contributed by atoms with Crippen molar-refractivity contribution in [3.63, 3.8) is 0 Å². The molecular formula is C20H24N2O4S. The first-order valence-electron chi connectivity index (χ1n) is 9.07. The molecule has 0 aliphatic heterocycles. The topological polar surface area (TPSA) is 81.4 Å². The van der Waals surface area contributed by atoms with E-state index in [1.807, 2.05) is 26.0 Å². The number of thioether (sulfide) groups is 1. The molecule has 0 saturated carbocycles. The van der Waals surface area contributed by atoms with Gasteiger partial charge in [0, 0.05) is 11.3 Å². The van der Waals surface area contributed by atoms with Gasteiger partial charge in [-0.2, -0.15) is 0 Å². The van der Waals surface area contributed by atoms with Crippen LogP contribution in [0.15, 0.2) is 28.8 Å². The molecule has 0 fully saturated rings. The molecule has 1 aliphatic carbocycles. The summed E-state index contributed by atoms with van der Waals surface area (Å²) in [6, 6.07) is 8.15. The van der Waals surface area contributed by atoms with E-state index in [-0.39, 0.29) is 24.3 Å². The van der Waals surface area contributed by atoms with Crippen LogP contribution in [0, 0.1) is 13.8 Å². The Morgan fingerprint density at radius 1 is 1.33 bits per heavy atom. The first-order valence-corrected chi connectivity index (χ1v) is 10.2. The van der Waals surface area contributed by atoms with E-state index in [2.05, 4.69) is 22.6 Å². The highest BCUT2D eigenvalue weighted by atomic mass is 32.2. The van der Waals surface area contributed by atoms with Gasteiger partial charge in [-0.25, -0.2) is 0 Å². The summed E-state index contributed by atoms with van der Waals surface area (Å²) in [5.74, 6) is 0.914. The lowest BCUT2D eigenvalue weighted by atomic mass is 9.88. The van der Waals surface area contributed by atoms with Crippen LogP contribution >= 0.6 is 11.8 Å². The number of aromatic nitrogens is 1. The Hall–Kier alpha value is -2.28. The van der Waals surface area contributed by atoms with Crippen molar-refractivity contribution in [2.24, 2.45) is 0 Å². The normalized spacial score (nSPS) is 15.9. The first-order chi connectivity index (χ1) is 13.0. The highest BCUT2D eigenvalue weighted by molar-refractivity contribution is 7.99. The van der Waals surface area contributed by atoms with E-state index in [0.29, 0.717) is 5.75 Å². The number of benzene rings is 1. The fourth-order valence-corrected chi connectivity index (χ4v) is 4.24. The molecule has 144 valence electrons. The molecule has 1 aliphatic rings. The average Bonchev–Trinajstić information content (AvgIpc) is 2.99. The van der Waals surface area contributed by atoms with Crippen LogP contribution in [0.4, 0.5) is 0 Å². The number of carbonyl (C=O) groups is 2. The zero-order valence-corrected chi connectivity index (χ0v) is 16.4. The summed E-state index contributed by atoms with van der Waals surface area (Å²) in [7, 11) is 0. The lowest BCUT2D eigenvalue weighted by molar-refractivity contribution is -0.146. The maximum absolute atomic E-state index is 12.2. The van der Waals surface area contributed by atoms with Gasteiger partial charge < -0.3 is 14.6 Å². The lowest BCUT2D eigenvalue weighted by Gasteiger charge is -2.26. The summed E-state index contributed by atoms with van der Waals surface area (Å²) in [6.45, 7) is 3.48. The third-order valence-electron chi connectivity index (χ3n) is 4.72. The van der Waals surface area contributed by atoms with Crippen LogP contribution in [0.25, 0.3) is 0 Å². The molecule has 3 rings (SSSR count).